The summed E-state index contributed by atoms with van der Waals surface area (Å²) in [5.41, 5.74) is -2.09. The Morgan fingerprint density at radius 2 is 1.54 bits per heavy atom. The van der Waals surface area contributed by atoms with E-state index in [1.165, 1.54) is 25.3 Å². The van der Waals surface area contributed by atoms with Crippen molar-refractivity contribution in [3.63, 3.8) is 0 Å². The number of hydrogen-bond donors (Lipinski definition) is 3. The number of carboxylic acids is 1. The third kappa shape index (κ3) is 16.1. The van der Waals surface area contributed by atoms with Crippen LogP contribution in [0.1, 0.15) is 103 Å². The molecule has 0 aliphatic rings. The Hall–Kier alpha value is -4.17. The van der Waals surface area contributed by atoms with Crippen molar-refractivity contribution in [2.24, 2.45) is 5.92 Å². The second-order valence-corrected chi connectivity index (χ2v) is 11.7. The Bertz CT molecular complexity index is 1250. The molecule has 0 saturated heterocycles. The fourth-order valence-corrected chi connectivity index (χ4v) is 5.07. The van der Waals surface area contributed by atoms with Gasteiger partial charge < -0.3 is 29.7 Å². The van der Waals surface area contributed by atoms with Crippen molar-refractivity contribution in [2.45, 2.75) is 115 Å². The fraction of sp³-hybridized carbons (Fsp3) is 0.595. The van der Waals surface area contributed by atoms with Gasteiger partial charge in [-0.1, -0.05) is 75.7 Å². The Labute approximate surface area is 284 Å². The average Bonchev–Trinajstić information content (AvgIpc) is 3.07. The molecule has 3 N–H and O–H groups in total. The zero-order valence-electron chi connectivity index (χ0n) is 28.9. The smallest absolute Gasteiger partial charge is 0.339 e. The minimum absolute atomic E-state index is 0.110. The van der Waals surface area contributed by atoms with Gasteiger partial charge in [-0.15, -0.1) is 5.92 Å². The highest BCUT2D eigenvalue weighted by atomic mass is 16.5. The Balaban J connectivity index is 2.94. The van der Waals surface area contributed by atoms with Crippen LogP contribution in [0, 0.1) is 17.8 Å². The van der Waals surface area contributed by atoms with E-state index in [-0.39, 0.29) is 18.8 Å². The number of carbonyl (C=O) groups excluding carboxylic acids is 4. The van der Waals surface area contributed by atoms with Crippen molar-refractivity contribution < 1.29 is 48.4 Å². The summed E-state index contributed by atoms with van der Waals surface area (Å²) in [5.74, 6) is 0.116. The highest BCUT2D eigenvalue weighted by molar-refractivity contribution is 5.95. The van der Waals surface area contributed by atoms with Crippen LogP contribution in [0.2, 0.25) is 0 Å². The molecule has 0 spiro atoms. The zero-order valence-corrected chi connectivity index (χ0v) is 28.9. The SMILES string of the molecule is CC#CCOc1ccc(C[C@H](NC(=O)[C@@H](C=CCCCCCCC(=O)CCCCCCC)[C@@](O)(CC(=O)OC)C(=O)OC)C(=O)O)cc1. The van der Waals surface area contributed by atoms with E-state index in [2.05, 4.69) is 28.8 Å². The van der Waals surface area contributed by atoms with Crippen molar-refractivity contribution in [3.8, 4) is 17.6 Å². The molecule has 0 aromatic heterocycles. The Kier molecular flexibility index (Phi) is 21.0. The number of hydrogen-bond acceptors (Lipinski definition) is 9. The molecule has 0 aliphatic heterocycles. The molecule has 0 saturated carbocycles. The number of aliphatic hydroxyl groups is 1. The van der Waals surface area contributed by atoms with E-state index in [0.29, 0.717) is 37.0 Å². The molecule has 0 bridgehead atoms. The third-order valence-corrected chi connectivity index (χ3v) is 7.91. The van der Waals surface area contributed by atoms with E-state index in [0.717, 1.165) is 46.3 Å². The minimum Gasteiger partial charge on any atom is -0.481 e. The van der Waals surface area contributed by atoms with Gasteiger partial charge >= 0.3 is 17.9 Å². The normalized spacial score (nSPS) is 13.4. The van der Waals surface area contributed by atoms with Gasteiger partial charge in [0.15, 0.2) is 5.60 Å². The van der Waals surface area contributed by atoms with E-state index in [1.54, 1.807) is 37.3 Å². The number of Topliss-reactive ketones (excluding diaryl/α,β-unsaturated/α-hetero) is 1. The number of carboxylic acid groups (broad SMARTS) is 1. The molecule has 3 atom stereocenters. The monoisotopic (exact) mass is 671 g/mol. The van der Waals surface area contributed by atoms with Crippen molar-refractivity contribution in [1.29, 1.82) is 0 Å². The van der Waals surface area contributed by atoms with Gasteiger partial charge in [0.05, 0.1) is 26.6 Å². The van der Waals surface area contributed by atoms with E-state index >= 15 is 0 Å². The summed E-state index contributed by atoms with van der Waals surface area (Å²) in [6.07, 6.45) is 12.3. The Morgan fingerprint density at radius 3 is 2.10 bits per heavy atom. The van der Waals surface area contributed by atoms with E-state index in [1.807, 2.05) is 0 Å². The molecule has 1 amide bonds. The standard InChI is InChI=1S/C37H53NO10/c1-5-7-9-12-15-18-29(39)19-16-13-10-11-14-17-20-31(37(45,36(44)47-4)27-33(40)46-3)34(41)38-32(35(42)43)26-28-21-23-30(24-22-28)48-25-8-6-2/h17,20-24,31-32,45H,5,7,9-16,18-19,25-27H2,1-4H3,(H,38,41)(H,42,43)/t31-,32+,37+/m1/s1. The zero-order chi connectivity index (χ0) is 35.8. The number of unbranched alkanes of at least 4 members (excludes halogenated alkanes) is 8. The van der Waals surface area contributed by atoms with Crippen LogP contribution in [-0.4, -0.2) is 72.3 Å². The van der Waals surface area contributed by atoms with Crippen molar-refractivity contribution in [3.05, 3.63) is 42.0 Å². The van der Waals surface area contributed by atoms with E-state index < -0.39 is 47.8 Å². The highest BCUT2D eigenvalue weighted by Crippen LogP contribution is 2.27. The molecule has 0 radical (unpaired) electrons. The second-order valence-electron chi connectivity index (χ2n) is 11.7. The first-order chi connectivity index (χ1) is 23.0. The number of rotatable bonds is 25. The predicted octanol–water partition coefficient (Wildman–Crippen LogP) is 5.11. The second kappa shape index (κ2) is 24.0. The fourth-order valence-electron chi connectivity index (χ4n) is 5.07. The van der Waals surface area contributed by atoms with Gasteiger partial charge in [-0.3, -0.25) is 14.4 Å². The first-order valence-electron chi connectivity index (χ1n) is 16.7. The van der Waals surface area contributed by atoms with Crippen LogP contribution >= 0.6 is 0 Å². The number of ether oxygens (including phenoxy) is 3. The number of benzene rings is 1. The number of amides is 1. The molecular formula is C37H53NO10. The van der Waals surface area contributed by atoms with Crippen molar-refractivity contribution >= 4 is 29.6 Å². The third-order valence-electron chi connectivity index (χ3n) is 7.91. The number of esters is 2. The number of allylic oxidation sites excluding steroid dienone is 1. The van der Waals surface area contributed by atoms with Crippen LogP contribution in [0.15, 0.2) is 36.4 Å². The van der Waals surface area contributed by atoms with Crippen molar-refractivity contribution in [2.75, 3.05) is 20.8 Å². The summed E-state index contributed by atoms with van der Waals surface area (Å²) in [5, 5.41) is 23.7. The highest BCUT2D eigenvalue weighted by Gasteiger charge is 2.50. The minimum atomic E-state index is -2.66. The number of carbonyl (C=O) groups is 5. The van der Waals surface area contributed by atoms with Gasteiger partial charge in [-0.05, 0) is 50.3 Å². The molecule has 0 aliphatic carbocycles. The topological polar surface area (TPSA) is 166 Å². The number of methoxy groups -OCH3 is 2. The van der Waals surface area contributed by atoms with Crippen LogP contribution in [0.3, 0.4) is 0 Å². The van der Waals surface area contributed by atoms with Gasteiger partial charge in [-0.2, -0.15) is 0 Å². The maximum Gasteiger partial charge on any atom is 0.339 e. The van der Waals surface area contributed by atoms with Crippen LogP contribution < -0.4 is 10.1 Å². The quantitative estimate of drug-likeness (QED) is 0.0550. The predicted molar refractivity (Wildman–Crippen MR) is 181 cm³/mol. The molecule has 266 valence electrons. The molecule has 11 heteroatoms. The lowest BCUT2D eigenvalue weighted by atomic mass is 9.82. The van der Waals surface area contributed by atoms with E-state index in [4.69, 9.17) is 9.47 Å². The number of aliphatic carboxylic acids is 1. The van der Waals surface area contributed by atoms with Gasteiger partial charge in [0.1, 0.15) is 24.2 Å². The van der Waals surface area contributed by atoms with Gasteiger partial charge in [0.25, 0.3) is 0 Å². The maximum absolute atomic E-state index is 13.6. The Morgan fingerprint density at radius 1 is 0.917 bits per heavy atom. The summed E-state index contributed by atoms with van der Waals surface area (Å²) < 4.78 is 14.9. The summed E-state index contributed by atoms with van der Waals surface area (Å²) >= 11 is 0. The lowest BCUT2D eigenvalue weighted by Crippen LogP contribution is -2.55. The average molecular weight is 672 g/mol. The lowest BCUT2D eigenvalue weighted by molar-refractivity contribution is -0.176. The number of nitrogens with one attached hydrogen (secondary N) is 1. The molecule has 0 heterocycles. The van der Waals surface area contributed by atoms with Crippen LogP contribution in [0.5, 0.6) is 5.75 Å². The molecule has 1 aromatic rings. The summed E-state index contributed by atoms with van der Waals surface area (Å²) in [6, 6.07) is 5.18. The number of ketones is 1. The first kappa shape index (κ1) is 41.9. The molecule has 0 fully saturated rings. The van der Waals surface area contributed by atoms with Crippen LogP contribution in [0.4, 0.5) is 0 Å². The van der Waals surface area contributed by atoms with E-state index in [9.17, 15) is 34.2 Å². The molecule has 1 aromatic carbocycles. The van der Waals surface area contributed by atoms with Crippen LogP contribution in [0.25, 0.3) is 0 Å². The summed E-state index contributed by atoms with van der Waals surface area (Å²) in [4.78, 5) is 62.8. The maximum atomic E-state index is 13.6. The molecule has 11 nitrogen and oxygen atoms in total. The molecule has 1 rings (SSSR count). The first-order valence-corrected chi connectivity index (χ1v) is 16.7. The van der Waals surface area contributed by atoms with Gasteiger partial charge in [-0.25, -0.2) is 9.59 Å². The van der Waals surface area contributed by atoms with Gasteiger partial charge in [0.2, 0.25) is 5.91 Å². The molecular weight excluding hydrogens is 618 g/mol. The molecule has 48 heavy (non-hydrogen) atoms. The lowest BCUT2D eigenvalue weighted by Gasteiger charge is -2.31. The van der Waals surface area contributed by atoms with Crippen LogP contribution in [-0.2, 0) is 39.9 Å². The van der Waals surface area contributed by atoms with Gasteiger partial charge in [0, 0.05) is 19.3 Å². The summed E-state index contributed by atoms with van der Waals surface area (Å²) in [7, 11) is 2.07. The van der Waals surface area contributed by atoms with Crippen molar-refractivity contribution in [1.82, 2.24) is 5.32 Å². The summed E-state index contributed by atoms with van der Waals surface area (Å²) in [6.45, 7) is 4.05. The molecule has 0 unspecified atom stereocenters. The largest absolute Gasteiger partial charge is 0.481 e.